The lowest BCUT2D eigenvalue weighted by molar-refractivity contribution is -0.384. The first-order chi connectivity index (χ1) is 11.1. The Morgan fingerprint density at radius 2 is 1.96 bits per heavy atom. The molecule has 2 aromatic carbocycles. The minimum Gasteiger partial charge on any atom is -0.496 e. The zero-order valence-corrected chi connectivity index (χ0v) is 12.4. The van der Waals surface area contributed by atoms with Gasteiger partial charge in [-0.2, -0.15) is 5.10 Å². The van der Waals surface area contributed by atoms with Crippen LogP contribution in [0.4, 0.5) is 5.69 Å². The molecule has 0 saturated carbocycles. The molecule has 0 bridgehead atoms. The summed E-state index contributed by atoms with van der Waals surface area (Å²) in [6.07, 6.45) is 1.58. The lowest BCUT2D eigenvalue weighted by Crippen LogP contribution is -2.19. The molecule has 23 heavy (non-hydrogen) atoms. The number of carbonyl (C=O) groups is 1. The number of carbonyl (C=O) groups excluding carboxylic acids is 1. The Bertz CT molecular complexity index is 726. The first-order valence-corrected chi connectivity index (χ1v) is 6.78. The highest BCUT2D eigenvalue weighted by atomic mass is 16.6. The number of nitro benzene ring substituents is 1. The summed E-state index contributed by atoms with van der Waals surface area (Å²) in [5.41, 5.74) is 3.81. The normalized spacial score (nSPS) is 10.5. The summed E-state index contributed by atoms with van der Waals surface area (Å²) in [4.78, 5) is 21.9. The van der Waals surface area contributed by atoms with Crippen molar-refractivity contribution in [2.24, 2.45) is 5.10 Å². The smallest absolute Gasteiger partial charge is 0.269 e. The maximum atomic E-state index is 11.8. The second-order valence-electron chi connectivity index (χ2n) is 4.64. The Morgan fingerprint density at radius 3 is 2.61 bits per heavy atom. The Kier molecular flexibility index (Phi) is 5.40. The van der Waals surface area contributed by atoms with E-state index in [-0.39, 0.29) is 18.0 Å². The Hall–Kier alpha value is -3.22. The van der Waals surface area contributed by atoms with Crippen LogP contribution in [0.25, 0.3) is 0 Å². The molecule has 118 valence electrons. The molecule has 0 aliphatic carbocycles. The third-order valence-electron chi connectivity index (χ3n) is 3.04. The molecule has 7 nitrogen and oxygen atoms in total. The van der Waals surface area contributed by atoms with Gasteiger partial charge in [0.2, 0.25) is 5.91 Å². The molecule has 0 saturated heterocycles. The Labute approximate surface area is 132 Å². The number of benzene rings is 2. The third kappa shape index (κ3) is 4.63. The van der Waals surface area contributed by atoms with Gasteiger partial charge < -0.3 is 4.74 Å². The molecule has 0 heterocycles. The first kappa shape index (κ1) is 16.2. The molecule has 0 spiro atoms. The zero-order chi connectivity index (χ0) is 16.7. The van der Waals surface area contributed by atoms with Crippen molar-refractivity contribution in [3.05, 3.63) is 69.8 Å². The Morgan fingerprint density at radius 1 is 1.26 bits per heavy atom. The number of nitrogens with zero attached hydrogens (tertiary/aromatic N) is 2. The average molecular weight is 313 g/mol. The summed E-state index contributed by atoms with van der Waals surface area (Å²) < 4.78 is 5.17. The molecule has 0 radical (unpaired) electrons. The van der Waals surface area contributed by atoms with Crippen molar-refractivity contribution in [2.45, 2.75) is 6.42 Å². The summed E-state index contributed by atoms with van der Waals surface area (Å²) in [6, 6.07) is 13.1. The van der Waals surface area contributed by atoms with Gasteiger partial charge in [-0.1, -0.05) is 24.3 Å². The minimum atomic E-state index is -0.485. The fraction of sp³-hybridized carbons (Fsp3) is 0.125. The maximum absolute atomic E-state index is 11.8. The second-order valence-corrected chi connectivity index (χ2v) is 4.64. The molecule has 0 unspecified atom stereocenters. The standard InChI is InChI=1S/C16H15N3O4/c1-23-15-5-3-2-4-13(15)11-17-18-16(20)10-12-6-8-14(9-7-12)19(21)22/h2-9,11H,10H2,1H3,(H,18,20)/b17-11+. The molecule has 2 rings (SSSR count). The molecule has 7 heteroatoms. The molecular weight excluding hydrogens is 298 g/mol. The summed E-state index contributed by atoms with van der Waals surface area (Å²) >= 11 is 0. The number of non-ortho nitro benzene ring substituents is 1. The van der Waals surface area contributed by atoms with Crippen LogP contribution >= 0.6 is 0 Å². The molecule has 0 aliphatic heterocycles. The van der Waals surface area contributed by atoms with E-state index >= 15 is 0 Å². The van der Waals surface area contributed by atoms with Crippen molar-refractivity contribution in [1.82, 2.24) is 5.43 Å². The van der Waals surface area contributed by atoms with Gasteiger partial charge in [0.15, 0.2) is 0 Å². The maximum Gasteiger partial charge on any atom is 0.269 e. The van der Waals surface area contributed by atoms with E-state index in [4.69, 9.17) is 4.74 Å². The largest absolute Gasteiger partial charge is 0.496 e. The van der Waals surface area contributed by atoms with Crippen molar-refractivity contribution in [3.8, 4) is 5.75 Å². The molecule has 0 aliphatic rings. The highest BCUT2D eigenvalue weighted by Gasteiger charge is 2.06. The zero-order valence-electron chi connectivity index (χ0n) is 12.4. The van der Waals surface area contributed by atoms with Crippen LogP contribution in [0.2, 0.25) is 0 Å². The third-order valence-corrected chi connectivity index (χ3v) is 3.04. The van der Waals surface area contributed by atoms with E-state index in [2.05, 4.69) is 10.5 Å². The van der Waals surface area contributed by atoms with E-state index < -0.39 is 4.92 Å². The van der Waals surface area contributed by atoms with Gasteiger partial charge in [0.1, 0.15) is 5.75 Å². The summed E-state index contributed by atoms with van der Waals surface area (Å²) in [7, 11) is 1.56. The predicted molar refractivity (Wildman–Crippen MR) is 85.5 cm³/mol. The van der Waals surface area contributed by atoms with Crippen molar-refractivity contribution in [2.75, 3.05) is 7.11 Å². The van der Waals surface area contributed by atoms with Gasteiger partial charge in [0.05, 0.1) is 24.7 Å². The monoisotopic (exact) mass is 313 g/mol. The molecular formula is C16H15N3O4. The van der Waals surface area contributed by atoms with Gasteiger partial charge in [-0.3, -0.25) is 14.9 Å². The quantitative estimate of drug-likeness (QED) is 0.503. The summed E-state index contributed by atoms with van der Waals surface area (Å²) in [5.74, 6) is 0.339. The van der Waals surface area contributed by atoms with Gasteiger partial charge in [-0.05, 0) is 17.7 Å². The van der Waals surface area contributed by atoms with Gasteiger partial charge in [-0.25, -0.2) is 5.43 Å². The Balaban J connectivity index is 1.92. The van der Waals surface area contributed by atoms with E-state index in [1.54, 1.807) is 25.3 Å². The number of nitrogens with one attached hydrogen (secondary N) is 1. The van der Waals surface area contributed by atoms with E-state index in [0.29, 0.717) is 11.3 Å². The fourth-order valence-electron chi connectivity index (χ4n) is 1.91. The number of rotatable bonds is 6. The number of amides is 1. The van der Waals surface area contributed by atoms with Crippen LogP contribution in [0, 0.1) is 10.1 Å². The minimum absolute atomic E-state index is 0.0108. The second kappa shape index (κ2) is 7.69. The lowest BCUT2D eigenvalue weighted by atomic mass is 10.1. The van der Waals surface area contributed by atoms with Crippen LogP contribution < -0.4 is 10.2 Å². The number of hydrogen-bond donors (Lipinski definition) is 1. The van der Waals surface area contributed by atoms with Crippen LogP contribution in [0.1, 0.15) is 11.1 Å². The topological polar surface area (TPSA) is 93.8 Å². The molecule has 1 amide bonds. The van der Waals surface area contributed by atoms with Gasteiger partial charge >= 0.3 is 0 Å². The van der Waals surface area contributed by atoms with Crippen molar-refractivity contribution < 1.29 is 14.5 Å². The summed E-state index contributed by atoms with van der Waals surface area (Å²) in [6.45, 7) is 0. The molecule has 2 aromatic rings. The van der Waals surface area contributed by atoms with Gasteiger partial charge in [0, 0.05) is 17.7 Å². The molecule has 0 fully saturated rings. The SMILES string of the molecule is COc1ccccc1/C=N/NC(=O)Cc1ccc([N+](=O)[O-])cc1. The van der Waals surface area contributed by atoms with Crippen molar-refractivity contribution >= 4 is 17.8 Å². The van der Waals surface area contributed by atoms with Crippen LogP contribution in [0.5, 0.6) is 5.75 Å². The highest BCUT2D eigenvalue weighted by Crippen LogP contribution is 2.14. The number of ether oxygens (including phenoxy) is 1. The van der Waals surface area contributed by atoms with Crippen LogP contribution in [0.15, 0.2) is 53.6 Å². The van der Waals surface area contributed by atoms with E-state index in [9.17, 15) is 14.9 Å². The van der Waals surface area contributed by atoms with E-state index in [1.807, 2.05) is 18.2 Å². The van der Waals surface area contributed by atoms with Crippen LogP contribution in [-0.2, 0) is 11.2 Å². The van der Waals surface area contributed by atoms with Crippen molar-refractivity contribution in [3.63, 3.8) is 0 Å². The summed E-state index contributed by atoms with van der Waals surface area (Å²) in [5, 5.41) is 14.4. The fourth-order valence-corrected chi connectivity index (χ4v) is 1.91. The van der Waals surface area contributed by atoms with E-state index in [1.165, 1.54) is 18.3 Å². The number of nitro groups is 1. The molecule has 0 aromatic heterocycles. The predicted octanol–water partition coefficient (Wildman–Crippen LogP) is 2.30. The van der Waals surface area contributed by atoms with Crippen LogP contribution in [0.3, 0.4) is 0 Å². The number of methoxy groups -OCH3 is 1. The molecule has 1 N–H and O–H groups in total. The van der Waals surface area contributed by atoms with Gasteiger partial charge in [0.25, 0.3) is 5.69 Å². The van der Waals surface area contributed by atoms with Gasteiger partial charge in [-0.15, -0.1) is 0 Å². The highest BCUT2D eigenvalue weighted by molar-refractivity contribution is 5.85. The lowest BCUT2D eigenvalue weighted by Gasteiger charge is -2.03. The number of hydrogen-bond acceptors (Lipinski definition) is 5. The molecule has 0 atom stereocenters. The number of hydrazone groups is 1. The number of para-hydroxylation sites is 1. The first-order valence-electron chi connectivity index (χ1n) is 6.78. The average Bonchev–Trinajstić information content (AvgIpc) is 2.55. The van der Waals surface area contributed by atoms with E-state index in [0.717, 1.165) is 5.56 Å². The van der Waals surface area contributed by atoms with Crippen molar-refractivity contribution in [1.29, 1.82) is 0 Å². The van der Waals surface area contributed by atoms with Crippen LogP contribution in [-0.4, -0.2) is 24.2 Å².